The van der Waals surface area contributed by atoms with E-state index in [0.29, 0.717) is 24.2 Å². The van der Waals surface area contributed by atoms with E-state index >= 15 is 0 Å². The van der Waals surface area contributed by atoms with E-state index in [1.807, 2.05) is 13.8 Å². The molecule has 0 aliphatic carbocycles. The molecular formula is C14H16N2O3. The summed E-state index contributed by atoms with van der Waals surface area (Å²) in [6.07, 6.45) is 0. The van der Waals surface area contributed by atoms with Crippen LogP contribution in [0.4, 0.5) is 0 Å². The maximum absolute atomic E-state index is 12.1. The molecule has 1 aromatic carbocycles. The van der Waals surface area contributed by atoms with Gasteiger partial charge in [0.05, 0.1) is 11.1 Å². The van der Waals surface area contributed by atoms with E-state index in [1.54, 1.807) is 29.2 Å². The molecule has 1 aliphatic heterocycles. The zero-order valence-electron chi connectivity index (χ0n) is 11.0. The van der Waals surface area contributed by atoms with Gasteiger partial charge in [-0.15, -0.1) is 0 Å². The molecule has 5 heteroatoms. The Balaban J connectivity index is 2.19. The molecule has 3 amide bonds. The molecule has 0 radical (unpaired) electrons. The third kappa shape index (κ3) is 2.23. The molecule has 0 N–H and O–H groups in total. The van der Waals surface area contributed by atoms with E-state index in [0.717, 1.165) is 4.90 Å². The lowest BCUT2D eigenvalue weighted by Crippen LogP contribution is -2.42. The number of nitrogens with zero attached hydrogens (tertiary/aromatic N) is 2. The van der Waals surface area contributed by atoms with Gasteiger partial charge < -0.3 is 4.90 Å². The molecule has 0 aromatic heterocycles. The van der Waals surface area contributed by atoms with Crippen LogP contribution in [0.15, 0.2) is 24.3 Å². The number of imide groups is 1. The molecule has 5 nitrogen and oxygen atoms in total. The van der Waals surface area contributed by atoms with Crippen LogP contribution >= 0.6 is 0 Å². The van der Waals surface area contributed by atoms with Crippen molar-refractivity contribution in [3.8, 4) is 0 Å². The number of benzene rings is 1. The van der Waals surface area contributed by atoms with Crippen molar-refractivity contribution < 1.29 is 14.4 Å². The highest BCUT2D eigenvalue weighted by Crippen LogP contribution is 2.22. The Kier molecular flexibility index (Phi) is 3.64. The van der Waals surface area contributed by atoms with Crippen LogP contribution < -0.4 is 0 Å². The van der Waals surface area contributed by atoms with Crippen molar-refractivity contribution in [1.29, 1.82) is 0 Å². The Labute approximate surface area is 111 Å². The Hall–Kier alpha value is -2.17. The summed E-state index contributed by atoms with van der Waals surface area (Å²) >= 11 is 0. The SMILES string of the molecule is CCN(CC)C(=O)CN1C(=O)c2ccccc2C1=O. The summed E-state index contributed by atoms with van der Waals surface area (Å²) in [7, 11) is 0. The van der Waals surface area contributed by atoms with Crippen molar-refractivity contribution in [3.05, 3.63) is 35.4 Å². The van der Waals surface area contributed by atoms with Crippen LogP contribution in [0.5, 0.6) is 0 Å². The predicted molar refractivity (Wildman–Crippen MR) is 69.7 cm³/mol. The fraction of sp³-hybridized carbons (Fsp3) is 0.357. The minimum absolute atomic E-state index is 0.186. The van der Waals surface area contributed by atoms with E-state index in [-0.39, 0.29) is 24.3 Å². The fourth-order valence-electron chi connectivity index (χ4n) is 2.19. The maximum atomic E-state index is 12.1. The van der Waals surface area contributed by atoms with Crippen molar-refractivity contribution in [2.24, 2.45) is 0 Å². The van der Waals surface area contributed by atoms with E-state index in [9.17, 15) is 14.4 Å². The van der Waals surface area contributed by atoms with Crippen molar-refractivity contribution in [2.75, 3.05) is 19.6 Å². The van der Waals surface area contributed by atoms with E-state index in [2.05, 4.69) is 0 Å². The lowest BCUT2D eigenvalue weighted by Gasteiger charge is -2.21. The first-order valence-corrected chi connectivity index (χ1v) is 6.33. The molecular weight excluding hydrogens is 244 g/mol. The van der Waals surface area contributed by atoms with Crippen LogP contribution in [0.3, 0.4) is 0 Å². The van der Waals surface area contributed by atoms with Gasteiger partial charge in [0.15, 0.2) is 0 Å². The number of fused-ring (bicyclic) bond motifs is 1. The number of carbonyl (C=O) groups excluding carboxylic acids is 3. The van der Waals surface area contributed by atoms with Gasteiger partial charge >= 0.3 is 0 Å². The first-order valence-electron chi connectivity index (χ1n) is 6.33. The molecule has 1 heterocycles. The molecule has 2 rings (SSSR count). The van der Waals surface area contributed by atoms with Gasteiger partial charge in [-0.3, -0.25) is 19.3 Å². The molecule has 0 bridgehead atoms. The van der Waals surface area contributed by atoms with Crippen molar-refractivity contribution >= 4 is 17.7 Å². The van der Waals surface area contributed by atoms with Crippen LogP contribution in [-0.2, 0) is 4.79 Å². The molecule has 1 aromatic rings. The Bertz CT molecular complexity index is 500. The highest BCUT2D eigenvalue weighted by atomic mass is 16.2. The largest absolute Gasteiger partial charge is 0.342 e. The normalized spacial score (nSPS) is 13.7. The summed E-state index contributed by atoms with van der Waals surface area (Å²) in [5.74, 6) is -0.985. The van der Waals surface area contributed by atoms with Gasteiger partial charge in [-0.25, -0.2) is 0 Å². The summed E-state index contributed by atoms with van der Waals surface area (Å²) in [5, 5.41) is 0. The van der Waals surface area contributed by atoms with Gasteiger partial charge in [-0.05, 0) is 26.0 Å². The molecule has 0 saturated heterocycles. The van der Waals surface area contributed by atoms with Crippen molar-refractivity contribution in [2.45, 2.75) is 13.8 Å². The molecule has 1 aliphatic rings. The van der Waals surface area contributed by atoms with Gasteiger partial charge in [0, 0.05) is 13.1 Å². The van der Waals surface area contributed by atoms with Crippen molar-refractivity contribution in [3.63, 3.8) is 0 Å². The highest BCUT2D eigenvalue weighted by molar-refractivity contribution is 6.22. The zero-order chi connectivity index (χ0) is 14.0. The van der Waals surface area contributed by atoms with Crippen LogP contribution in [0, 0.1) is 0 Å². The number of likely N-dealkylation sites (N-methyl/N-ethyl adjacent to an activating group) is 1. The Morgan fingerprint density at radius 2 is 1.53 bits per heavy atom. The summed E-state index contributed by atoms with van der Waals surface area (Å²) in [4.78, 5) is 38.8. The van der Waals surface area contributed by atoms with Gasteiger partial charge in [0.1, 0.15) is 6.54 Å². The number of carbonyl (C=O) groups is 3. The third-order valence-electron chi connectivity index (χ3n) is 3.29. The summed E-state index contributed by atoms with van der Waals surface area (Å²) in [6.45, 7) is 4.68. The second-order valence-corrected chi connectivity index (χ2v) is 4.31. The molecule has 19 heavy (non-hydrogen) atoms. The predicted octanol–water partition coefficient (Wildman–Crippen LogP) is 1.15. The Morgan fingerprint density at radius 3 is 1.95 bits per heavy atom. The van der Waals surface area contributed by atoms with E-state index < -0.39 is 0 Å². The minimum atomic E-state index is -0.388. The molecule has 0 unspecified atom stereocenters. The first-order chi connectivity index (χ1) is 9.10. The molecule has 100 valence electrons. The quantitative estimate of drug-likeness (QED) is 0.763. The topological polar surface area (TPSA) is 57.7 Å². The van der Waals surface area contributed by atoms with Gasteiger partial charge in [0.2, 0.25) is 5.91 Å². The number of hydrogen-bond donors (Lipinski definition) is 0. The number of rotatable bonds is 4. The minimum Gasteiger partial charge on any atom is -0.342 e. The average Bonchev–Trinajstić information content (AvgIpc) is 2.66. The van der Waals surface area contributed by atoms with E-state index in [4.69, 9.17) is 0 Å². The van der Waals surface area contributed by atoms with Crippen LogP contribution in [-0.4, -0.2) is 47.2 Å². The number of hydrogen-bond acceptors (Lipinski definition) is 3. The van der Waals surface area contributed by atoms with Gasteiger partial charge in [0.25, 0.3) is 11.8 Å². The molecule has 0 atom stereocenters. The van der Waals surface area contributed by atoms with Crippen LogP contribution in [0.2, 0.25) is 0 Å². The average molecular weight is 260 g/mol. The van der Waals surface area contributed by atoms with Crippen LogP contribution in [0.1, 0.15) is 34.6 Å². The standard InChI is InChI=1S/C14H16N2O3/c1-3-15(4-2)12(17)9-16-13(18)10-7-5-6-8-11(10)14(16)19/h5-8H,3-4,9H2,1-2H3. The summed E-state index contributed by atoms with van der Waals surface area (Å²) in [5.41, 5.74) is 0.750. The fourth-order valence-corrected chi connectivity index (χ4v) is 2.19. The monoisotopic (exact) mass is 260 g/mol. The lowest BCUT2D eigenvalue weighted by molar-refractivity contribution is -0.131. The summed E-state index contributed by atoms with van der Waals surface area (Å²) < 4.78 is 0. The zero-order valence-corrected chi connectivity index (χ0v) is 11.0. The molecule has 0 spiro atoms. The lowest BCUT2D eigenvalue weighted by atomic mass is 10.1. The van der Waals surface area contributed by atoms with E-state index in [1.165, 1.54) is 0 Å². The first kappa shape index (κ1) is 13.3. The maximum Gasteiger partial charge on any atom is 0.262 e. The highest BCUT2D eigenvalue weighted by Gasteiger charge is 2.36. The summed E-state index contributed by atoms with van der Waals surface area (Å²) in [6, 6.07) is 6.63. The Morgan fingerprint density at radius 1 is 1.05 bits per heavy atom. The van der Waals surface area contributed by atoms with Gasteiger partial charge in [-0.1, -0.05) is 12.1 Å². The smallest absolute Gasteiger partial charge is 0.262 e. The third-order valence-corrected chi connectivity index (χ3v) is 3.29. The molecule has 0 saturated carbocycles. The molecule has 0 fully saturated rings. The van der Waals surface area contributed by atoms with Gasteiger partial charge in [-0.2, -0.15) is 0 Å². The second-order valence-electron chi connectivity index (χ2n) is 4.31. The van der Waals surface area contributed by atoms with Crippen LogP contribution in [0.25, 0.3) is 0 Å². The number of amides is 3. The van der Waals surface area contributed by atoms with Crippen molar-refractivity contribution in [1.82, 2.24) is 9.80 Å². The second kappa shape index (κ2) is 5.22.